The summed E-state index contributed by atoms with van der Waals surface area (Å²) in [5, 5.41) is 37.0. The Balaban J connectivity index is 1.11. The maximum Gasteiger partial charge on any atom is 0.253 e. The summed E-state index contributed by atoms with van der Waals surface area (Å²) in [5.74, 6) is -8.32. The van der Waals surface area contributed by atoms with E-state index < -0.39 is 147 Å². The molecule has 29 nitrogen and oxygen atoms in total. The van der Waals surface area contributed by atoms with E-state index in [0.29, 0.717) is 97.8 Å². The summed E-state index contributed by atoms with van der Waals surface area (Å²) in [7, 11) is -1.09. The summed E-state index contributed by atoms with van der Waals surface area (Å²) < 4.78 is 25.3. The average molecular weight is 1420 g/mol. The lowest BCUT2D eigenvalue weighted by atomic mass is 9.93. The van der Waals surface area contributed by atoms with Gasteiger partial charge >= 0.3 is 0 Å². The molecule has 544 valence electrons. The third kappa shape index (κ3) is 22.4. The minimum absolute atomic E-state index is 0.0649. The molecule has 31 heteroatoms. The topological polar surface area (TPSA) is 387 Å². The molecule has 6 heterocycles. The van der Waals surface area contributed by atoms with Crippen molar-refractivity contribution in [2.24, 2.45) is 11.8 Å². The quantitative estimate of drug-likeness (QED) is 0.0294. The monoisotopic (exact) mass is 1420 g/mol. The fourth-order valence-electron chi connectivity index (χ4n) is 11.9. The number of aliphatic hydroxyl groups is 1. The van der Waals surface area contributed by atoms with Gasteiger partial charge in [0.1, 0.15) is 47.5 Å². The number of fused-ring (bicyclic) bond motifs is 5. The van der Waals surface area contributed by atoms with Gasteiger partial charge in [0.25, 0.3) is 11.8 Å². The highest BCUT2D eigenvalue weighted by Crippen LogP contribution is 2.39. The second-order valence-corrected chi connectivity index (χ2v) is 33.4. The highest BCUT2D eigenvalue weighted by molar-refractivity contribution is 7.99. The van der Waals surface area contributed by atoms with Crippen LogP contribution in [0.3, 0.4) is 0 Å². The lowest BCUT2D eigenvalue weighted by Gasteiger charge is -2.41. The molecule has 8 N–H and O–H groups in total. The summed E-state index contributed by atoms with van der Waals surface area (Å²) in [6, 6.07) is -3.52. The Labute approximate surface area is 582 Å². The largest absolute Gasteiger partial charge is 0.497 e. The van der Waals surface area contributed by atoms with Crippen LogP contribution in [0.15, 0.2) is 41.6 Å². The number of imide groups is 1. The first-order chi connectivity index (χ1) is 47.0. The first kappa shape index (κ1) is 78.6. The normalized spacial score (nSPS) is 23.0. The number of unbranched alkanes of at least 4 members (excludes halogenated alkanes) is 2. The van der Waals surface area contributed by atoms with Gasteiger partial charge in [-0.25, -0.2) is 4.68 Å². The molecular weight excluding hydrogens is 1320 g/mol. The van der Waals surface area contributed by atoms with Crippen molar-refractivity contribution in [1.82, 2.24) is 61.7 Å². The Bertz CT molecular complexity index is 3420. The van der Waals surface area contributed by atoms with E-state index in [9.17, 15) is 43.5 Å². The maximum atomic E-state index is 15.4. The van der Waals surface area contributed by atoms with Gasteiger partial charge in [0, 0.05) is 119 Å². The Morgan fingerprint density at radius 1 is 0.768 bits per heavy atom. The van der Waals surface area contributed by atoms with E-state index in [2.05, 4.69) is 68.0 Å². The fraction of sp³-hybridized carbons (Fsp3) is 0.647. The number of ketones is 3. The number of nitrogens with one attached hydrogen (secondary N) is 7. The van der Waals surface area contributed by atoms with E-state index >= 15 is 19.2 Å². The molecule has 1 unspecified atom stereocenters. The summed E-state index contributed by atoms with van der Waals surface area (Å²) in [4.78, 5) is 173. The number of aromatic amines is 1. The van der Waals surface area contributed by atoms with Crippen LogP contribution in [0.4, 0.5) is 0 Å². The number of rotatable bonds is 28. The highest BCUT2D eigenvalue weighted by atomic mass is 32.2. The first-order valence-electron chi connectivity index (χ1n) is 34.4. The number of carbonyl (C=O) groups is 12. The van der Waals surface area contributed by atoms with Crippen LogP contribution in [0, 0.1) is 11.8 Å². The summed E-state index contributed by atoms with van der Waals surface area (Å²) in [6.45, 7) is 18.1. The molecule has 4 aliphatic rings. The molecular formula is C68H100N12O17SSi. The van der Waals surface area contributed by atoms with Gasteiger partial charge in [-0.1, -0.05) is 59.6 Å². The number of aryl methyl sites for hydroxylation is 1. The summed E-state index contributed by atoms with van der Waals surface area (Å²) in [5.41, 5.74) is 1.43. The van der Waals surface area contributed by atoms with Crippen molar-refractivity contribution in [2.75, 3.05) is 58.9 Å². The van der Waals surface area contributed by atoms with Gasteiger partial charge in [-0.05, 0) is 74.4 Å². The number of amides is 9. The van der Waals surface area contributed by atoms with Crippen LogP contribution in [0.25, 0.3) is 10.9 Å². The maximum absolute atomic E-state index is 15.4. The first-order valence-corrected chi connectivity index (χ1v) is 38.3. The molecule has 0 radical (unpaired) electrons. The van der Waals surface area contributed by atoms with E-state index in [1.807, 2.05) is 20.0 Å². The molecule has 1 fully saturated rings. The number of thioether (sulfide) groups is 1. The second-order valence-electron chi connectivity index (χ2n) is 27.6. The summed E-state index contributed by atoms with van der Waals surface area (Å²) >= 11 is 1.07. The molecule has 9 amide bonds. The van der Waals surface area contributed by atoms with Gasteiger partial charge in [0.15, 0.2) is 14.1 Å². The van der Waals surface area contributed by atoms with Crippen LogP contribution in [-0.4, -0.2) is 221 Å². The Kier molecular flexibility index (Phi) is 29.0. The number of carbonyl (C=O) groups excluding carboxylic acids is 12. The van der Waals surface area contributed by atoms with Gasteiger partial charge in [-0.15, -0.1) is 16.9 Å². The predicted octanol–water partition coefficient (Wildman–Crippen LogP) is 2.83. The van der Waals surface area contributed by atoms with E-state index in [1.54, 1.807) is 45.2 Å². The smallest absolute Gasteiger partial charge is 0.253 e. The van der Waals surface area contributed by atoms with Crippen LogP contribution in [0.2, 0.25) is 18.1 Å². The van der Waals surface area contributed by atoms with Crippen LogP contribution in [0.1, 0.15) is 137 Å². The fourth-order valence-corrected chi connectivity index (χ4v) is 14.5. The molecule has 4 aliphatic heterocycles. The molecule has 0 aliphatic carbocycles. The van der Waals surface area contributed by atoms with Gasteiger partial charge in [0.2, 0.25) is 41.4 Å². The number of aromatic nitrogens is 4. The van der Waals surface area contributed by atoms with E-state index in [0.717, 1.165) is 23.1 Å². The standard InChI is InChI=1S/C68H100N12O17SSi/c1-11-40(2)60-55(84)22-23-56(85)70-53-39-98-66-49(48-21-20-47(94-8)34-50(48)73-66)35-51(62(89)69-36-57(86)74-60)71-65(92)61(41(3)42(4)97-99(9,10)68(5,6)7)75-64(91)54-33-46(83)38-80(54)67(93)52(72-63(53)90)32-45(82)19-18-43-37-78(77-76-43)27-29-96-31-30-95-28-15-17-44(81)16-13-12-14-26-79-58(87)24-25-59(79)88/h20-21,24-25,34,37,40-42,46,51-54,60-61,73,83H,11-19,22-23,26-33,35-36,38-39H2,1-10H3,(H,69,89)(H,70,85)(H,71,92)(H,72,90)(H,74,86)(H,75,91)/t40-,41-,42-,46+,51-,52-,53-,54?,60+,61-/m0/s1. The van der Waals surface area contributed by atoms with Crippen molar-refractivity contribution in [2.45, 2.75) is 217 Å². The predicted molar refractivity (Wildman–Crippen MR) is 367 cm³/mol. The SMILES string of the molecule is CC[C@H](C)[C@H]1NC(=O)CNC(=O)[C@@H]2Cc3c([nH]c4cc(OC)ccc34)SC[C@H](NC(=O)CCC1=O)C(=O)N[C@@H](CC(=O)CCc1cn(CCOCCOCCCC(=O)CCCCCN3C(=O)C=CC3=O)nn1)C(=O)N1C[C@H](O)CC1C(=O)N[C@@H]([C@@H](C)[C@H](C)O[Si](C)(C)C(C)(C)C)C(=O)N2. The van der Waals surface area contributed by atoms with Crippen molar-refractivity contribution in [1.29, 1.82) is 0 Å². The van der Waals surface area contributed by atoms with Crippen molar-refractivity contribution >= 4 is 101 Å². The number of hydrogen-bond acceptors (Lipinski definition) is 20. The zero-order valence-electron chi connectivity index (χ0n) is 58.6. The lowest BCUT2D eigenvalue weighted by molar-refractivity contribution is -0.144. The van der Waals surface area contributed by atoms with Crippen LogP contribution in [-0.2, 0) is 90.8 Å². The molecule has 0 saturated carbocycles. The van der Waals surface area contributed by atoms with E-state index in [1.165, 1.54) is 28.8 Å². The van der Waals surface area contributed by atoms with E-state index in [-0.39, 0.29) is 73.7 Å². The average Bonchev–Trinajstić information content (AvgIpc) is 1.67. The number of Topliss-reactive ketones (excluding diaryl/α,β-unsaturated/α-hetero) is 3. The second kappa shape index (κ2) is 36.6. The van der Waals surface area contributed by atoms with Crippen molar-refractivity contribution in [3.05, 3.63) is 47.8 Å². The van der Waals surface area contributed by atoms with Gasteiger partial charge < -0.3 is 65.5 Å². The Hall–Kier alpha value is -7.71. The van der Waals surface area contributed by atoms with Crippen LogP contribution >= 0.6 is 11.8 Å². The number of aliphatic hydroxyl groups excluding tert-OH is 1. The number of ether oxygens (including phenoxy) is 3. The van der Waals surface area contributed by atoms with E-state index in [4.69, 9.17) is 18.6 Å². The third-order valence-corrected chi connectivity index (χ3v) is 24.9. The number of methoxy groups -OCH3 is 1. The third-order valence-electron chi connectivity index (χ3n) is 19.2. The van der Waals surface area contributed by atoms with Gasteiger partial charge in [-0.2, -0.15) is 0 Å². The number of nitrogens with zero attached hydrogens (tertiary/aromatic N) is 5. The van der Waals surface area contributed by atoms with Crippen molar-refractivity contribution in [3.8, 4) is 5.75 Å². The Morgan fingerprint density at radius 3 is 2.19 bits per heavy atom. The number of benzene rings is 1. The summed E-state index contributed by atoms with van der Waals surface area (Å²) in [6.07, 6.45) is 3.91. The van der Waals surface area contributed by atoms with Crippen LogP contribution < -0.4 is 36.6 Å². The molecule has 99 heavy (non-hydrogen) atoms. The molecule has 0 spiro atoms. The number of hydrogen-bond donors (Lipinski definition) is 8. The molecule has 2 bridgehead atoms. The van der Waals surface area contributed by atoms with Crippen molar-refractivity contribution in [3.63, 3.8) is 0 Å². The van der Waals surface area contributed by atoms with Gasteiger partial charge in [-0.3, -0.25) is 62.4 Å². The minimum atomic E-state index is -2.58. The zero-order valence-corrected chi connectivity index (χ0v) is 60.4. The molecule has 10 atom stereocenters. The lowest BCUT2D eigenvalue weighted by Crippen LogP contribution is -2.62. The highest BCUT2D eigenvalue weighted by Gasteiger charge is 2.46. The van der Waals surface area contributed by atoms with Crippen molar-refractivity contribution < 1.29 is 81.3 Å². The molecule has 1 aromatic carbocycles. The molecule has 2 aromatic heterocycles. The molecule has 7 rings (SSSR count). The molecule has 3 aromatic rings. The Morgan fingerprint density at radius 2 is 1.48 bits per heavy atom. The zero-order chi connectivity index (χ0) is 72.3. The molecule has 1 saturated heterocycles. The van der Waals surface area contributed by atoms with Crippen LogP contribution in [0.5, 0.6) is 5.75 Å². The number of H-pyrrole nitrogens is 1. The van der Waals surface area contributed by atoms with Gasteiger partial charge in [0.05, 0.1) is 68.4 Å². The minimum Gasteiger partial charge on any atom is -0.497 e.